The van der Waals surface area contributed by atoms with Gasteiger partial charge in [-0.05, 0) is 34.5 Å². The average molecular weight is 362 g/mol. The lowest BCUT2D eigenvalue weighted by atomic mass is 10.0. The van der Waals surface area contributed by atoms with E-state index in [2.05, 4.69) is 10.9 Å². The summed E-state index contributed by atoms with van der Waals surface area (Å²) in [4.78, 5) is 24.5. The van der Waals surface area contributed by atoms with Crippen molar-refractivity contribution in [3.8, 4) is 11.5 Å². The van der Waals surface area contributed by atoms with E-state index in [4.69, 9.17) is 9.47 Å². The van der Waals surface area contributed by atoms with Crippen molar-refractivity contribution in [2.45, 2.75) is 6.42 Å². The molecule has 27 heavy (non-hydrogen) atoms. The van der Waals surface area contributed by atoms with Gasteiger partial charge >= 0.3 is 0 Å². The van der Waals surface area contributed by atoms with Crippen LogP contribution < -0.4 is 20.3 Å². The Morgan fingerprint density at radius 1 is 0.852 bits per heavy atom. The Morgan fingerprint density at radius 3 is 2.52 bits per heavy atom. The molecule has 3 aromatic carbocycles. The molecule has 0 spiro atoms. The molecule has 0 saturated heterocycles. The minimum Gasteiger partial charge on any atom is -0.486 e. The number of hydrogen-bond acceptors (Lipinski definition) is 4. The summed E-state index contributed by atoms with van der Waals surface area (Å²) in [5.74, 6) is 0.421. The third-order valence-corrected chi connectivity index (χ3v) is 4.35. The van der Waals surface area contributed by atoms with Gasteiger partial charge in [0.2, 0.25) is 5.91 Å². The smallest absolute Gasteiger partial charge is 0.269 e. The zero-order valence-corrected chi connectivity index (χ0v) is 14.5. The molecular formula is C21H18N2O4. The fraction of sp³-hybridized carbons (Fsp3) is 0.143. The number of ether oxygens (including phenoxy) is 2. The van der Waals surface area contributed by atoms with E-state index in [1.54, 1.807) is 18.2 Å². The van der Waals surface area contributed by atoms with E-state index in [0.29, 0.717) is 30.3 Å². The number of carbonyl (C=O) groups excluding carboxylic acids is 2. The van der Waals surface area contributed by atoms with E-state index in [1.165, 1.54) is 0 Å². The van der Waals surface area contributed by atoms with Crippen molar-refractivity contribution in [2.75, 3.05) is 13.2 Å². The molecule has 0 atom stereocenters. The Labute approximate surface area is 156 Å². The summed E-state index contributed by atoms with van der Waals surface area (Å²) >= 11 is 0. The van der Waals surface area contributed by atoms with E-state index < -0.39 is 5.91 Å². The number of hydrogen-bond donors (Lipinski definition) is 2. The molecule has 0 fully saturated rings. The summed E-state index contributed by atoms with van der Waals surface area (Å²) in [6, 6.07) is 18.6. The second kappa shape index (κ2) is 7.37. The summed E-state index contributed by atoms with van der Waals surface area (Å²) in [6.45, 7) is 0.933. The first-order valence-electron chi connectivity index (χ1n) is 8.66. The van der Waals surface area contributed by atoms with Crippen LogP contribution in [0.15, 0.2) is 60.7 Å². The standard InChI is InChI=1S/C21H18N2O4/c24-20(13-15-6-3-5-14-4-1-2-7-17(14)15)22-23-21(25)16-8-9-18-19(12-16)27-11-10-26-18/h1-9,12H,10-11,13H2,(H,22,24)(H,23,25). The molecule has 6 nitrogen and oxygen atoms in total. The molecule has 4 rings (SSSR count). The van der Waals surface area contributed by atoms with E-state index in [0.717, 1.165) is 16.3 Å². The molecule has 0 aliphatic carbocycles. The van der Waals surface area contributed by atoms with Crippen LogP contribution in [-0.4, -0.2) is 25.0 Å². The highest BCUT2D eigenvalue weighted by Crippen LogP contribution is 2.30. The normalized spacial score (nSPS) is 12.4. The van der Waals surface area contributed by atoms with Gasteiger partial charge in [0.1, 0.15) is 13.2 Å². The van der Waals surface area contributed by atoms with E-state index in [-0.39, 0.29) is 12.3 Å². The number of amides is 2. The van der Waals surface area contributed by atoms with E-state index in [9.17, 15) is 9.59 Å². The van der Waals surface area contributed by atoms with Crippen molar-refractivity contribution in [1.29, 1.82) is 0 Å². The number of carbonyl (C=O) groups is 2. The number of benzene rings is 3. The lowest BCUT2D eigenvalue weighted by Crippen LogP contribution is -2.42. The van der Waals surface area contributed by atoms with Crippen molar-refractivity contribution in [3.63, 3.8) is 0 Å². The predicted octanol–water partition coefficient (Wildman–Crippen LogP) is 2.61. The third kappa shape index (κ3) is 3.69. The molecule has 6 heteroatoms. The maximum atomic E-state index is 12.3. The first kappa shape index (κ1) is 16.9. The lowest BCUT2D eigenvalue weighted by Gasteiger charge is -2.18. The Morgan fingerprint density at radius 2 is 1.63 bits per heavy atom. The fourth-order valence-corrected chi connectivity index (χ4v) is 3.05. The second-order valence-corrected chi connectivity index (χ2v) is 6.18. The SMILES string of the molecule is O=C(Cc1cccc2ccccc12)NNC(=O)c1ccc2c(c1)OCCO2. The molecule has 1 aliphatic heterocycles. The minimum absolute atomic E-state index is 0.169. The monoisotopic (exact) mass is 362 g/mol. The molecule has 2 N–H and O–H groups in total. The lowest BCUT2D eigenvalue weighted by molar-refractivity contribution is -0.121. The summed E-state index contributed by atoms with van der Waals surface area (Å²) < 4.78 is 10.9. The van der Waals surface area contributed by atoms with Gasteiger partial charge in [0.05, 0.1) is 6.42 Å². The predicted molar refractivity (Wildman–Crippen MR) is 101 cm³/mol. The van der Waals surface area contributed by atoms with Crippen LogP contribution in [0.25, 0.3) is 10.8 Å². The highest BCUT2D eigenvalue weighted by molar-refractivity contribution is 5.96. The van der Waals surface area contributed by atoms with Crippen molar-refractivity contribution in [1.82, 2.24) is 10.9 Å². The van der Waals surface area contributed by atoms with Crippen LogP contribution in [0.1, 0.15) is 15.9 Å². The molecule has 3 aromatic rings. The average Bonchev–Trinajstić information content (AvgIpc) is 2.72. The van der Waals surface area contributed by atoms with Crippen molar-refractivity contribution < 1.29 is 19.1 Å². The highest BCUT2D eigenvalue weighted by Gasteiger charge is 2.15. The number of rotatable bonds is 3. The van der Waals surface area contributed by atoms with Crippen LogP contribution in [0, 0.1) is 0 Å². The van der Waals surface area contributed by atoms with Crippen LogP contribution in [0.3, 0.4) is 0 Å². The van der Waals surface area contributed by atoms with Gasteiger partial charge in [-0.1, -0.05) is 42.5 Å². The first-order valence-corrected chi connectivity index (χ1v) is 8.66. The van der Waals surface area contributed by atoms with Crippen molar-refractivity contribution in [3.05, 3.63) is 71.8 Å². The van der Waals surface area contributed by atoms with Crippen LogP contribution in [0.5, 0.6) is 11.5 Å². The van der Waals surface area contributed by atoms with Crippen LogP contribution >= 0.6 is 0 Å². The van der Waals surface area contributed by atoms with Gasteiger partial charge in [-0.2, -0.15) is 0 Å². The third-order valence-electron chi connectivity index (χ3n) is 4.35. The Bertz CT molecular complexity index is 1010. The fourth-order valence-electron chi connectivity index (χ4n) is 3.05. The van der Waals surface area contributed by atoms with Crippen molar-refractivity contribution in [2.24, 2.45) is 0 Å². The van der Waals surface area contributed by atoms with Crippen LogP contribution in [0.4, 0.5) is 0 Å². The largest absolute Gasteiger partial charge is 0.486 e. The molecule has 0 saturated carbocycles. The van der Waals surface area contributed by atoms with Gasteiger partial charge in [0.25, 0.3) is 5.91 Å². The van der Waals surface area contributed by atoms with Gasteiger partial charge in [-0.15, -0.1) is 0 Å². The minimum atomic E-state index is -0.418. The maximum absolute atomic E-state index is 12.3. The van der Waals surface area contributed by atoms with Crippen LogP contribution in [0.2, 0.25) is 0 Å². The summed E-state index contributed by atoms with van der Waals surface area (Å²) in [5, 5.41) is 2.09. The molecule has 136 valence electrons. The molecule has 0 bridgehead atoms. The second-order valence-electron chi connectivity index (χ2n) is 6.18. The topological polar surface area (TPSA) is 76.7 Å². The van der Waals surface area contributed by atoms with E-state index in [1.807, 2.05) is 42.5 Å². The zero-order valence-electron chi connectivity index (χ0n) is 14.5. The van der Waals surface area contributed by atoms with Gasteiger partial charge in [-0.3, -0.25) is 20.4 Å². The molecular weight excluding hydrogens is 344 g/mol. The number of fused-ring (bicyclic) bond motifs is 2. The quantitative estimate of drug-likeness (QED) is 0.702. The molecule has 0 radical (unpaired) electrons. The van der Waals surface area contributed by atoms with Crippen molar-refractivity contribution >= 4 is 22.6 Å². The maximum Gasteiger partial charge on any atom is 0.269 e. The molecule has 1 heterocycles. The first-order chi connectivity index (χ1) is 13.2. The summed E-state index contributed by atoms with van der Waals surface area (Å²) in [7, 11) is 0. The zero-order chi connectivity index (χ0) is 18.6. The molecule has 0 aromatic heterocycles. The molecule has 0 unspecified atom stereocenters. The number of nitrogens with one attached hydrogen (secondary N) is 2. The Balaban J connectivity index is 1.39. The van der Waals surface area contributed by atoms with E-state index >= 15 is 0 Å². The Kier molecular flexibility index (Phi) is 4.61. The number of hydrazine groups is 1. The molecule has 1 aliphatic rings. The van der Waals surface area contributed by atoms with Crippen LogP contribution in [-0.2, 0) is 11.2 Å². The van der Waals surface area contributed by atoms with Gasteiger partial charge < -0.3 is 9.47 Å². The summed E-state index contributed by atoms with van der Waals surface area (Å²) in [6.07, 6.45) is 0.169. The van der Waals surface area contributed by atoms with Gasteiger partial charge in [-0.25, -0.2) is 0 Å². The molecule has 2 amide bonds. The summed E-state index contributed by atoms with van der Waals surface area (Å²) in [5.41, 5.74) is 6.18. The Hall–Kier alpha value is -3.54. The highest BCUT2D eigenvalue weighted by atomic mass is 16.6. The van der Waals surface area contributed by atoms with Gasteiger partial charge in [0.15, 0.2) is 11.5 Å². The van der Waals surface area contributed by atoms with Gasteiger partial charge in [0, 0.05) is 5.56 Å².